The minimum Gasteiger partial charge on any atom is -0.340 e. The first kappa shape index (κ1) is 19.5. The zero-order chi connectivity index (χ0) is 20.1. The number of nitrogens with zero attached hydrogens (tertiary/aromatic N) is 3. The van der Waals surface area contributed by atoms with Crippen LogP contribution < -0.4 is 10.6 Å². The maximum atomic E-state index is 4.93. The van der Waals surface area contributed by atoms with Crippen LogP contribution >= 0.6 is 0 Å². The molecule has 1 atom stereocenters. The maximum Gasteiger partial charge on any atom is 0.138 e. The Morgan fingerprint density at radius 1 is 0.966 bits per heavy atom. The zero-order valence-electron chi connectivity index (χ0n) is 17.3. The number of aromatic nitrogens is 3. The average molecular weight is 388 g/mol. The number of nitrogens with one attached hydrogen (secondary N) is 2. The van der Waals surface area contributed by atoms with Gasteiger partial charge in [-0.3, -0.25) is 4.98 Å². The van der Waals surface area contributed by atoms with E-state index in [1.807, 2.05) is 24.5 Å². The Labute approximate surface area is 173 Å². The molecule has 3 heterocycles. The summed E-state index contributed by atoms with van der Waals surface area (Å²) >= 11 is 0. The summed E-state index contributed by atoms with van der Waals surface area (Å²) in [7, 11) is 0. The highest BCUT2D eigenvalue weighted by Gasteiger charge is 2.21. The molecule has 0 saturated carbocycles. The fourth-order valence-corrected chi connectivity index (χ4v) is 3.77. The highest BCUT2D eigenvalue weighted by molar-refractivity contribution is 5.68. The van der Waals surface area contributed by atoms with Crippen molar-refractivity contribution in [3.8, 4) is 11.1 Å². The fraction of sp³-hybridized carbons (Fsp3) is 0.375. The average Bonchev–Trinajstić information content (AvgIpc) is 3.24. The Hall–Kier alpha value is -2.79. The van der Waals surface area contributed by atoms with E-state index in [0.29, 0.717) is 5.92 Å². The van der Waals surface area contributed by atoms with Crippen LogP contribution in [0.3, 0.4) is 0 Å². The second-order valence-corrected chi connectivity index (χ2v) is 7.79. The van der Waals surface area contributed by atoms with Crippen LogP contribution in [0.4, 0.5) is 11.5 Å². The van der Waals surface area contributed by atoms with Gasteiger partial charge in [-0.2, -0.15) is 0 Å². The number of benzene rings is 1. The number of hydrogen-bond acceptors (Lipinski definition) is 5. The summed E-state index contributed by atoms with van der Waals surface area (Å²) in [6.07, 6.45) is 8.52. The molecule has 0 aliphatic carbocycles. The van der Waals surface area contributed by atoms with E-state index in [0.717, 1.165) is 42.5 Å². The van der Waals surface area contributed by atoms with Gasteiger partial charge in [0, 0.05) is 42.7 Å². The predicted molar refractivity (Wildman–Crippen MR) is 118 cm³/mol. The Morgan fingerprint density at radius 3 is 2.48 bits per heavy atom. The lowest BCUT2D eigenvalue weighted by molar-refractivity contribution is 0.573. The molecule has 2 aromatic heterocycles. The van der Waals surface area contributed by atoms with Crippen LogP contribution in [0.15, 0.2) is 48.8 Å². The summed E-state index contributed by atoms with van der Waals surface area (Å²) in [6, 6.07) is 12.5. The number of hydrogen-bond donors (Lipinski definition) is 2. The van der Waals surface area contributed by atoms with E-state index in [2.05, 4.69) is 53.7 Å². The Kier molecular flexibility index (Phi) is 6.15. The van der Waals surface area contributed by atoms with Gasteiger partial charge in [-0.15, -0.1) is 0 Å². The second kappa shape index (κ2) is 9.14. The summed E-state index contributed by atoms with van der Waals surface area (Å²) in [5.74, 6) is 2.27. The van der Waals surface area contributed by atoms with Crippen molar-refractivity contribution in [2.45, 2.75) is 58.5 Å². The standard InChI is InChI=1S/C24H29N5/c1-3-4-5-6-17(2)23-28-22-16-26-15-21(22)24(29-23)27-20-9-7-18(8-10-20)19-11-13-25-14-12-19/h7-14,17,26H,3-6,15-16H2,1-2H3,(H,27,28,29). The van der Waals surface area contributed by atoms with Crippen molar-refractivity contribution in [3.63, 3.8) is 0 Å². The van der Waals surface area contributed by atoms with Crippen molar-refractivity contribution in [3.05, 3.63) is 65.9 Å². The monoisotopic (exact) mass is 387 g/mol. The molecule has 150 valence electrons. The van der Waals surface area contributed by atoms with Crippen molar-refractivity contribution >= 4 is 11.5 Å². The molecular formula is C24H29N5. The molecule has 5 nitrogen and oxygen atoms in total. The summed E-state index contributed by atoms with van der Waals surface area (Å²) in [5, 5.41) is 6.96. The summed E-state index contributed by atoms with van der Waals surface area (Å²) < 4.78 is 0. The molecule has 0 amide bonds. The minimum absolute atomic E-state index is 0.377. The highest BCUT2D eigenvalue weighted by atomic mass is 15.1. The van der Waals surface area contributed by atoms with Crippen LogP contribution in [-0.4, -0.2) is 15.0 Å². The molecule has 5 heteroatoms. The molecule has 1 aliphatic heterocycles. The molecule has 29 heavy (non-hydrogen) atoms. The van der Waals surface area contributed by atoms with E-state index in [1.54, 1.807) is 0 Å². The lowest BCUT2D eigenvalue weighted by Crippen LogP contribution is -2.08. The molecule has 1 aromatic carbocycles. The molecule has 0 spiro atoms. The Balaban J connectivity index is 1.55. The molecule has 0 radical (unpaired) electrons. The Morgan fingerprint density at radius 2 is 1.72 bits per heavy atom. The number of pyridine rings is 1. The van der Waals surface area contributed by atoms with E-state index in [9.17, 15) is 0 Å². The zero-order valence-corrected chi connectivity index (χ0v) is 17.3. The quantitative estimate of drug-likeness (QED) is 0.495. The van der Waals surface area contributed by atoms with E-state index in [-0.39, 0.29) is 0 Å². The van der Waals surface area contributed by atoms with Crippen molar-refractivity contribution in [2.75, 3.05) is 5.32 Å². The van der Waals surface area contributed by atoms with Gasteiger partial charge in [-0.05, 0) is 41.8 Å². The third-order valence-electron chi connectivity index (χ3n) is 5.55. The second-order valence-electron chi connectivity index (χ2n) is 7.79. The molecule has 1 aliphatic rings. The van der Waals surface area contributed by atoms with Gasteiger partial charge in [0.25, 0.3) is 0 Å². The van der Waals surface area contributed by atoms with E-state index >= 15 is 0 Å². The maximum absolute atomic E-state index is 4.93. The lowest BCUT2D eigenvalue weighted by atomic mass is 10.0. The summed E-state index contributed by atoms with van der Waals surface area (Å²) in [5.41, 5.74) is 5.71. The van der Waals surface area contributed by atoms with E-state index < -0.39 is 0 Å². The number of rotatable bonds is 8. The molecule has 1 unspecified atom stereocenters. The van der Waals surface area contributed by atoms with Gasteiger partial charge in [-0.25, -0.2) is 9.97 Å². The SMILES string of the molecule is CCCCCC(C)c1nc2c(c(Nc3ccc(-c4ccncc4)cc3)n1)CNC2. The largest absolute Gasteiger partial charge is 0.340 e. The van der Waals surface area contributed by atoms with Crippen molar-refractivity contribution in [1.29, 1.82) is 0 Å². The molecule has 2 N–H and O–H groups in total. The number of fused-ring (bicyclic) bond motifs is 1. The first-order valence-corrected chi connectivity index (χ1v) is 10.6. The fourth-order valence-electron chi connectivity index (χ4n) is 3.77. The van der Waals surface area contributed by atoms with E-state index in [4.69, 9.17) is 9.97 Å². The topological polar surface area (TPSA) is 62.7 Å². The van der Waals surface area contributed by atoms with Crippen LogP contribution in [0.25, 0.3) is 11.1 Å². The molecule has 0 bridgehead atoms. The van der Waals surface area contributed by atoms with Gasteiger partial charge in [0.2, 0.25) is 0 Å². The van der Waals surface area contributed by atoms with Gasteiger partial charge >= 0.3 is 0 Å². The van der Waals surface area contributed by atoms with Gasteiger partial charge in [0.05, 0.1) is 5.69 Å². The predicted octanol–water partition coefficient (Wildman–Crippen LogP) is 5.57. The van der Waals surface area contributed by atoms with Gasteiger partial charge in [-0.1, -0.05) is 45.2 Å². The molecule has 3 aromatic rings. The highest BCUT2D eigenvalue weighted by Crippen LogP contribution is 2.29. The van der Waals surface area contributed by atoms with Crippen LogP contribution in [0.2, 0.25) is 0 Å². The van der Waals surface area contributed by atoms with Crippen LogP contribution in [0.5, 0.6) is 0 Å². The first-order valence-electron chi connectivity index (χ1n) is 10.6. The van der Waals surface area contributed by atoms with Crippen molar-refractivity contribution < 1.29 is 0 Å². The van der Waals surface area contributed by atoms with Gasteiger partial charge in [0.15, 0.2) is 0 Å². The van der Waals surface area contributed by atoms with Gasteiger partial charge in [0.1, 0.15) is 11.6 Å². The van der Waals surface area contributed by atoms with Crippen LogP contribution in [0.1, 0.15) is 62.5 Å². The molecular weight excluding hydrogens is 358 g/mol. The van der Waals surface area contributed by atoms with Crippen LogP contribution in [-0.2, 0) is 13.1 Å². The third-order valence-corrected chi connectivity index (χ3v) is 5.55. The molecule has 0 saturated heterocycles. The lowest BCUT2D eigenvalue weighted by Gasteiger charge is -2.15. The van der Waals surface area contributed by atoms with Crippen molar-refractivity contribution in [2.24, 2.45) is 0 Å². The first-order chi connectivity index (χ1) is 14.2. The van der Waals surface area contributed by atoms with E-state index in [1.165, 1.54) is 36.0 Å². The Bertz CT molecular complexity index is 937. The van der Waals surface area contributed by atoms with Gasteiger partial charge < -0.3 is 10.6 Å². The smallest absolute Gasteiger partial charge is 0.138 e. The van der Waals surface area contributed by atoms with Crippen LogP contribution in [0, 0.1) is 0 Å². The molecule has 4 rings (SSSR count). The minimum atomic E-state index is 0.377. The summed E-state index contributed by atoms with van der Waals surface area (Å²) in [6.45, 7) is 6.12. The summed E-state index contributed by atoms with van der Waals surface area (Å²) in [4.78, 5) is 13.9. The normalized spacial score (nSPS) is 13.9. The van der Waals surface area contributed by atoms with Crippen molar-refractivity contribution in [1.82, 2.24) is 20.3 Å². The molecule has 0 fully saturated rings. The number of unbranched alkanes of at least 4 members (excludes halogenated alkanes) is 2. The third kappa shape index (κ3) is 4.62. The number of anilines is 2.